The molecule has 1 unspecified atom stereocenters. The number of likely N-dealkylation sites (tertiary alicyclic amines) is 1. The zero-order valence-electron chi connectivity index (χ0n) is 18.6. The first kappa shape index (κ1) is 22.7. The molecule has 31 heavy (non-hydrogen) atoms. The number of ether oxygens (including phenoxy) is 2. The monoisotopic (exact) mass is 434 g/mol. The van der Waals surface area contributed by atoms with E-state index < -0.39 is 35.2 Å². The normalized spacial score (nSPS) is 27.5. The highest BCUT2D eigenvalue weighted by Gasteiger charge is 2.62. The van der Waals surface area contributed by atoms with Crippen LogP contribution in [-0.4, -0.2) is 73.4 Å². The SMILES string of the molecule is C=C[C@@H]1CC1(NC(=O)[C@H]1C[C@@H](c2nnn(C)n2)CN1C(=O)OC(C)(C)C)C(=O)OCC. The average Bonchev–Trinajstić information content (AvgIpc) is 3.01. The van der Waals surface area contributed by atoms with Gasteiger partial charge < -0.3 is 14.8 Å². The Hall–Kier alpha value is -2.98. The quantitative estimate of drug-likeness (QED) is 0.517. The van der Waals surface area contributed by atoms with E-state index in [1.54, 1.807) is 40.8 Å². The van der Waals surface area contributed by atoms with Gasteiger partial charge in [0.05, 0.1) is 13.7 Å². The standard InChI is InChI=1S/C20H30N6O5/c1-7-13-10-20(13,17(28)30-8-2)21-16(27)14-9-12(15-22-24-25(6)23-15)11-26(14)18(29)31-19(3,4)5/h7,12-14H,1,8-11H2,2-6H3,(H,21,27)/t12-,13-,14-,20?/m1/s1. The molecule has 1 aliphatic heterocycles. The van der Waals surface area contributed by atoms with Crippen LogP contribution in [0.2, 0.25) is 0 Å². The molecule has 1 aromatic rings. The van der Waals surface area contributed by atoms with Gasteiger partial charge in [-0.3, -0.25) is 9.69 Å². The number of carbonyl (C=O) groups excluding carboxylic acids is 3. The number of esters is 1. The van der Waals surface area contributed by atoms with Gasteiger partial charge in [-0.25, -0.2) is 9.59 Å². The summed E-state index contributed by atoms with van der Waals surface area (Å²) in [4.78, 5) is 41.3. The maximum atomic E-state index is 13.3. The van der Waals surface area contributed by atoms with Crippen LogP contribution in [0.25, 0.3) is 0 Å². The summed E-state index contributed by atoms with van der Waals surface area (Å²) < 4.78 is 10.7. The van der Waals surface area contributed by atoms with Crippen LogP contribution in [0.5, 0.6) is 0 Å². The summed E-state index contributed by atoms with van der Waals surface area (Å²) in [7, 11) is 1.65. The third-order valence-electron chi connectivity index (χ3n) is 5.41. The van der Waals surface area contributed by atoms with Crippen molar-refractivity contribution in [1.29, 1.82) is 0 Å². The second-order valence-electron chi connectivity index (χ2n) is 8.95. The lowest BCUT2D eigenvalue weighted by molar-refractivity contribution is -0.149. The van der Waals surface area contributed by atoms with E-state index in [1.165, 1.54) is 9.70 Å². The molecule has 2 aliphatic rings. The Morgan fingerprint density at radius 3 is 2.58 bits per heavy atom. The van der Waals surface area contributed by atoms with Crippen molar-refractivity contribution in [3.63, 3.8) is 0 Å². The van der Waals surface area contributed by atoms with E-state index in [2.05, 4.69) is 27.3 Å². The molecular formula is C20H30N6O5. The van der Waals surface area contributed by atoms with Crippen molar-refractivity contribution in [2.24, 2.45) is 13.0 Å². The van der Waals surface area contributed by atoms with Gasteiger partial charge in [0, 0.05) is 18.4 Å². The van der Waals surface area contributed by atoms with Gasteiger partial charge in [0.25, 0.3) is 0 Å². The summed E-state index contributed by atoms with van der Waals surface area (Å²) in [5.41, 5.74) is -1.87. The number of hydrogen-bond acceptors (Lipinski definition) is 8. The van der Waals surface area contributed by atoms with Crippen molar-refractivity contribution in [2.75, 3.05) is 13.2 Å². The Labute approximate surface area is 181 Å². The van der Waals surface area contributed by atoms with E-state index in [9.17, 15) is 14.4 Å². The van der Waals surface area contributed by atoms with Crippen LogP contribution >= 0.6 is 0 Å². The van der Waals surface area contributed by atoms with Gasteiger partial charge in [0.2, 0.25) is 5.91 Å². The van der Waals surface area contributed by atoms with Crippen molar-refractivity contribution >= 4 is 18.0 Å². The largest absolute Gasteiger partial charge is 0.464 e. The molecule has 11 heteroatoms. The summed E-state index contributed by atoms with van der Waals surface area (Å²) >= 11 is 0. The van der Waals surface area contributed by atoms with Crippen molar-refractivity contribution in [2.45, 2.75) is 63.6 Å². The molecule has 170 valence electrons. The van der Waals surface area contributed by atoms with E-state index in [0.29, 0.717) is 12.2 Å². The maximum absolute atomic E-state index is 13.3. The summed E-state index contributed by atoms with van der Waals surface area (Å²) in [5, 5.41) is 14.9. The molecule has 2 fully saturated rings. The number of aromatic nitrogens is 4. The van der Waals surface area contributed by atoms with Gasteiger partial charge >= 0.3 is 12.1 Å². The van der Waals surface area contributed by atoms with Crippen molar-refractivity contribution in [3.05, 3.63) is 18.5 Å². The molecule has 11 nitrogen and oxygen atoms in total. The second-order valence-corrected chi connectivity index (χ2v) is 8.95. The number of amides is 2. The first-order valence-corrected chi connectivity index (χ1v) is 10.4. The van der Waals surface area contributed by atoms with Crippen LogP contribution in [-0.2, 0) is 26.1 Å². The average molecular weight is 434 g/mol. The van der Waals surface area contributed by atoms with Crippen molar-refractivity contribution in [3.8, 4) is 0 Å². The molecule has 0 radical (unpaired) electrons. The lowest BCUT2D eigenvalue weighted by Crippen LogP contribution is -2.53. The highest BCUT2D eigenvalue weighted by molar-refractivity contribution is 5.95. The van der Waals surface area contributed by atoms with E-state index in [0.717, 1.165) is 0 Å². The lowest BCUT2D eigenvalue weighted by atomic mass is 10.0. The molecule has 1 N–H and O–H groups in total. The highest BCUT2D eigenvalue weighted by Crippen LogP contribution is 2.46. The van der Waals surface area contributed by atoms with E-state index in [-0.39, 0.29) is 31.4 Å². The third kappa shape index (κ3) is 4.70. The maximum Gasteiger partial charge on any atom is 0.410 e. The molecule has 2 heterocycles. The molecule has 1 saturated heterocycles. The van der Waals surface area contributed by atoms with Crippen LogP contribution in [0.4, 0.5) is 4.79 Å². The third-order valence-corrected chi connectivity index (χ3v) is 5.41. The molecule has 1 aliphatic carbocycles. The van der Waals surface area contributed by atoms with Gasteiger partial charge in [-0.15, -0.1) is 16.8 Å². The predicted molar refractivity (Wildman–Crippen MR) is 109 cm³/mol. The lowest BCUT2D eigenvalue weighted by Gasteiger charge is -2.29. The number of tetrazole rings is 1. The van der Waals surface area contributed by atoms with Crippen LogP contribution in [0.3, 0.4) is 0 Å². The first-order valence-electron chi connectivity index (χ1n) is 10.4. The van der Waals surface area contributed by atoms with Gasteiger partial charge in [0.1, 0.15) is 17.2 Å². The zero-order chi connectivity index (χ0) is 23.0. The van der Waals surface area contributed by atoms with Crippen molar-refractivity contribution < 1.29 is 23.9 Å². The van der Waals surface area contributed by atoms with Crippen LogP contribution in [0.1, 0.15) is 52.3 Å². The minimum atomic E-state index is -1.14. The van der Waals surface area contributed by atoms with Gasteiger partial charge in [-0.1, -0.05) is 6.08 Å². The fraction of sp³-hybridized carbons (Fsp3) is 0.700. The van der Waals surface area contributed by atoms with Crippen LogP contribution in [0.15, 0.2) is 12.7 Å². The Kier molecular flexibility index (Phi) is 6.06. The summed E-state index contributed by atoms with van der Waals surface area (Å²) in [6.07, 6.45) is 1.72. The van der Waals surface area contributed by atoms with Gasteiger partial charge in [-0.2, -0.15) is 4.80 Å². The second kappa shape index (κ2) is 8.27. The smallest absolute Gasteiger partial charge is 0.410 e. The Balaban J connectivity index is 1.82. The molecule has 0 aromatic carbocycles. The van der Waals surface area contributed by atoms with Crippen LogP contribution in [0, 0.1) is 5.92 Å². The molecule has 1 saturated carbocycles. The van der Waals surface area contributed by atoms with Gasteiger partial charge in [-0.05, 0) is 45.7 Å². The minimum absolute atomic E-state index is 0.203. The Bertz CT molecular complexity index is 878. The van der Waals surface area contributed by atoms with Crippen LogP contribution < -0.4 is 5.32 Å². The van der Waals surface area contributed by atoms with E-state index >= 15 is 0 Å². The summed E-state index contributed by atoms with van der Waals surface area (Å²) in [6, 6.07) is -0.846. The zero-order valence-corrected chi connectivity index (χ0v) is 18.6. The summed E-state index contributed by atoms with van der Waals surface area (Å²) in [6.45, 7) is 11.1. The molecule has 3 rings (SSSR count). The van der Waals surface area contributed by atoms with Crippen molar-refractivity contribution in [1.82, 2.24) is 30.4 Å². The number of nitrogens with one attached hydrogen (secondary N) is 1. The minimum Gasteiger partial charge on any atom is -0.464 e. The summed E-state index contributed by atoms with van der Waals surface area (Å²) in [5.74, 6) is -1.01. The van der Waals surface area contributed by atoms with E-state index in [4.69, 9.17) is 9.47 Å². The number of rotatable bonds is 6. The number of hydrogen-bond donors (Lipinski definition) is 1. The number of aryl methyl sites for hydroxylation is 1. The number of nitrogens with zero attached hydrogens (tertiary/aromatic N) is 5. The first-order chi connectivity index (χ1) is 14.5. The fourth-order valence-electron chi connectivity index (χ4n) is 3.82. The molecule has 2 amide bonds. The molecule has 0 spiro atoms. The Morgan fingerprint density at radius 1 is 1.35 bits per heavy atom. The molecule has 1 aromatic heterocycles. The molecule has 4 atom stereocenters. The topological polar surface area (TPSA) is 129 Å². The number of carbonyl (C=O) groups is 3. The predicted octanol–water partition coefficient (Wildman–Crippen LogP) is 0.927. The highest BCUT2D eigenvalue weighted by atomic mass is 16.6. The fourth-order valence-corrected chi connectivity index (χ4v) is 3.82. The Morgan fingerprint density at radius 2 is 2.06 bits per heavy atom. The molecular weight excluding hydrogens is 404 g/mol. The van der Waals surface area contributed by atoms with Gasteiger partial charge in [0.15, 0.2) is 5.82 Å². The van der Waals surface area contributed by atoms with E-state index in [1.807, 2.05) is 0 Å². The molecule has 0 bridgehead atoms.